The van der Waals surface area contributed by atoms with Crippen molar-refractivity contribution in [2.24, 2.45) is 11.7 Å². The molecule has 4 heteroatoms. The Morgan fingerprint density at radius 2 is 1.92 bits per heavy atom. The Morgan fingerprint density at radius 3 is 2.54 bits per heavy atom. The molecule has 0 aromatic heterocycles. The summed E-state index contributed by atoms with van der Waals surface area (Å²) in [4.78, 5) is 14.9. The first-order valence-electron chi connectivity index (χ1n) is 9.36. The number of amides is 1. The molecule has 4 nitrogen and oxygen atoms in total. The highest BCUT2D eigenvalue weighted by Crippen LogP contribution is 2.25. The van der Waals surface area contributed by atoms with E-state index in [1.165, 1.54) is 18.4 Å². The van der Waals surface area contributed by atoms with Gasteiger partial charge >= 0.3 is 0 Å². The van der Waals surface area contributed by atoms with E-state index in [4.69, 9.17) is 5.73 Å². The van der Waals surface area contributed by atoms with Crippen LogP contribution in [0.25, 0.3) is 0 Å². The minimum absolute atomic E-state index is 0.00216. The number of rotatable bonds is 7. The summed E-state index contributed by atoms with van der Waals surface area (Å²) in [5.41, 5.74) is 7.36. The van der Waals surface area contributed by atoms with Crippen LogP contribution in [0.5, 0.6) is 0 Å². The molecule has 0 radical (unpaired) electrons. The molecule has 0 bridgehead atoms. The molecule has 134 valence electrons. The van der Waals surface area contributed by atoms with Crippen molar-refractivity contribution >= 4 is 5.91 Å². The van der Waals surface area contributed by atoms with Crippen molar-refractivity contribution in [1.29, 1.82) is 0 Å². The molecule has 3 N–H and O–H groups in total. The van der Waals surface area contributed by atoms with E-state index in [0.717, 1.165) is 25.9 Å². The van der Waals surface area contributed by atoms with E-state index in [1.54, 1.807) is 0 Å². The Kier molecular flexibility index (Phi) is 7.25. The van der Waals surface area contributed by atoms with Crippen LogP contribution >= 0.6 is 0 Å². The van der Waals surface area contributed by atoms with Crippen molar-refractivity contribution in [1.82, 2.24) is 10.2 Å². The number of likely N-dealkylation sites (N-methyl/N-ethyl adjacent to an activating group) is 1. The van der Waals surface area contributed by atoms with Crippen molar-refractivity contribution in [2.75, 3.05) is 6.54 Å². The van der Waals surface area contributed by atoms with Gasteiger partial charge in [-0.05, 0) is 30.9 Å². The molecule has 1 amide bonds. The lowest BCUT2D eigenvalue weighted by atomic mass is 9.88. The summed E-state index contributed by atoms with van der Waals surface area (Å²) >= 11 is 0. The van der Waals surface area contributed by atoms with Gasteiger partial charge in [-0.25, -0.2) is 0 Å². The van der Waals surface area contributed by atoms with Crippen molar-refractivity contribution in [2.45, 2.75) is 71.1 Å². The van der Waals surface area contributed by atoms with Crippen LogP contribution in [0.3, 0.4) is 0 Å². The highest BCUT2D eigenvalue weighted by Gasteiger charge is 2.32. The Balaban J connectivity index is 2.05. The molecule has 0 aliphatic heterocycles. The molecule has 1 fully saturated rings. The zero-order chi connectivity index (χ0) is 17.5. The van der Waals surface area contributed by atoms with Crippen molar-refractivity contribution in [3.8, 4) is 0 Å². The molecular formula is C20H33N3O. The lowest BCUT2D eigenvalue weighted by Gasteiger charge is -2.40. The highest BCUT2D eigenvalue weighted by molar-refractivity contribution is 5.82. The van der Waals surface area contributed by atoms with Crippen LogP contribution in [0.1, 0.15) is 52.0 Å². The topological polar surface area (TPSA) is 58.4 Å². The normalized spacial score (nSPS) is 22.6. The van der Waals surface area contributed by atoms with E-state index in [0.29, 0.717) is 6.04 Å². The van der Waals surface area contributed by atoms with Crippen LogP contribution in [0.2, 0.25) is 0 Å². The minimum atomic E-state index is -0.420. The molecule has 1 aromatic carbocycles. The van der Waals surface area contributed by atoms with Gasteiger partial charge in [0.25, 0.3) is 0 Å². The van der Waals surface area contributed by atoms with Crippen LogP contribution in [-0.4, -0.2) is 35.5 Å². The summed E-state index contributed by atoms with van der Waals surface area (Å²) in [5.74, 6) is 0.163. The molecular weight excluding hydrogens is 298 g/mol. The summed E-state index contributed by atoms with van der Waals surface area (Å²) in [6, 6.07) is 10.8. The molecule has 0 saturated heterocycles. The second-order valence-electron chi connectivity index (χ2n) is 7.29. The van der Waals surface area contributed by atoms with Crippen molar-refractivity contribution in [3.63, 3.8) is 0 Å². The fraction of sp³-hybridized carbons (Fsp3) is 0.650. The number of hydrogen-bond donors (Lipinski definition) is 2. The lowest BCUT2D eigenvalue weighted by molar-refractivity contribution is -0.124. The zero-order valence-corrected chi connectivity index (χ0v) is 15.4. The quantitative estimate of drug-likeness (QED) is 0.808. The number of nitrogens with zero attached hydrogens (tertiary/aromatic N) is 1. The summed E-state index contributed by atoms with van der Waals surface area (Å²) in [7, 11) is 0. The fourth-order valence-electron chi connectivity index (χ4n) is 3.58. The second kappa shape index (κ2) is 9.19. The average Bonchev–Trinajstić information content (AvgIpc) is 2.60. The van der Waals surface area contributed by atoms with Crippen LogP contribution in [0.4, 0.5) is 0 Å². The third-order valence-electron chi connectivity index (χ3n) is 5.18. The molecule has 1 saturated carbocycles. The predicted octanol–water partition coefficient (Wildman–Crippen LogP) is 2.92. The van der Waals surface area contributed by atoms with Gasteiger partial charge in [-0.3, -0.25) is 9.69 Å². The van der Waals surface area contributed by atoms with Gasteiger partial charge in [0.2, 0.25) is 5.91 Å². The Bertz CT molecular complexity index is 503. The van der Waals surface area contributed by atoms with Gasteiger partial charge < -0.3 is 11.1 Å². The Morgan fingerprint density at radius 1 is 1.25 bits per heavy atom. The average molecular weight is 332 g/mol. The summed E-state index contributed by atoms with van der Waals surface area (Å²) in [6.07, 6.45) is 4.61. The molecule has 1 aromatic rings. The van der Waals surface area contributed by atoms with Gasteiger partial charge in [0.1, 0.15) is 0 Å². The Labute approximate surface area is 146 Å². The number of carbonyl (C=O) groups excluding carboxylic acids is 1. The molecule has 2 rings (SSSR count). The van der Waals surface area contributed by atoms with Crippen LogP contribution < -0.4 is 11.1 Å². The zero-order valence-electron chi connectivity index (χ0n) is 15.4. The molecule has 24 heavy (non-hydrogen) atoms. The Hall–Kier alpha value is -1.39. The van der Waals surface area contributed by atoms with Gasteiger partial charge in [-0.1, -0.05) is 63.9 Å². The van der Waals surface area contributed by atoms with E-state index < -0.39 is 6.04 Å². The van der Waals surface area contributed by atoms with Gasteiger partial charge in [0.05, 0.1) is 6.04 Å². The summed E-state index contributed by atoms with van der Waals surface area (Å²) in [6.45, 7) is 8.12. The molecule has 0 heterocycles. The van der Waals surface area contributed by atoms with E-state index in [2.05, 4.69) is 47.5 Å². The van der Waals surface area contributed by atoms with Crippen LogP contribution in [0, 0.1) is 5.92 Å². The van der Waals surface area contributed by atoms with Crippen molar-refractivity contribution in [3.05, 3.63) is 35.9 Å². The lowest BCUT2D eigenvalue weighted by Crippen LogP contribution is -2.56. The molecule has 1 aliphatic carbocycles. The molecule has 1 aliphatic rings. The second-order valence-corrected chi connectivity index (χ2v) is 7.29. The largest absolute Gasteiger partial charge is 0.350 e. The summed E-state index contributed by atoms with van der Waals surface area (Å²) < 4.78 is 0. The minimum Gasteiger partial charge on any atom is -0.350 e. The third kappa shape index (κ3) is 5.05. The smallest absolute Gasteiger partial charge is 0.237 e. The van der Waals surface area contributed by atoms with E-state index in [1.807, 2.05) is 13.8 Å². The van der Waals surface area contributed by atoms with Gasteiger partial charge in [0, 0.05) is 18.6 Å². The van der Waals surface area contributed by atoms with Crippen LogP contribution in [0.15, 0.2) is 30.3 Å². The van der Waals surface area contributed by atoms with E-state index in [-0.39, 0.29) is 17.9 Å². The van der Waals surface area contributed by atoms with E-state index >= 15 is 0 Å². The maximum Gasteiger partial charge on any atom is 0.237 e. The number of nitrogens with two attached hydrogens (primary N) is 1. The van der Waals surface area contributed by atoms with Crippen molar-refractivity contribution < 1.29 is 4.79 Å². The monoisotopic (exact) mass is 331 g/mol. The first-order chi connectivity index (χ1) is 11.5. The molecule has 3 atom stereocenters. The number of carbonyl (C=O) groups is 1. The SMILES string of the molecule is CCN(Cc1ccccc1)[C@@H]1CCCC[C@H]1NC(=O)[C@@H](N)C(C)C. The van der Waals surface area contributed by atoms with E-state index in [9.17, 15) is 4.79 Å². The standard InChI is InChI=1S/C20H33N3O/c1-4-23(14-16-10-6-5-7-11-16)18-13-9-8-12-17(18)22-20(24)19(21)15(2)3/h5-7,10-11,15,17-19H,4,8-9,12-14,21H2,1-3H3,(H,22,24)/t17-,18-,19+/m1/s1. The fourth-order valence-corrected chi connectivity index (χ4v) is 3.58. The third-order valence-corrected chi connectivity index (χ3v) is 5.18. The van der Waals surface area contributed by atoms with Gasteiger partial charge in [-0.2, -0.15) is 0 Å². The highest BCUT2D eigenvalue weighted by atomic mass is 16.2. The molecule has 0 unspecified atom stereocenters. The predicted molar refractivity (Wildman–Crippen MR) is 99.5 cm³/mol. The summed E-state index contributed by atoms with van der Waals surface area (Å²) in [5, 5.41) is 3.25. The number of nitrogens with one attached hydrogen (secondary N) is 1. The van der Waals surface area contributed by atoms with Gasteiger partial charge in [0.15, 0.2) is 0 Å². The molecule has 0 spiro atoms. The maximum atomic E-state index is 12.4. The first kappa shape index (κ1) is 18.9. The number of benzene rings is 1. The van der Waals surface area contributed by atoms with Crippen LogP contribution in [-0.2, 0) is 11.3 Å². The maximum absolute atomic E-state index is 12.4. The number of hydrogen-bond acceptors (Lipinski definition) is 3. The van der Waals surface area contributed by atoms with Gasteiger partial charge in [-0.15, -0.1) is 0 Å². The first-order valence-corrected chi connectivity index (χ1v) is 9.36.